The first-order valence-corrected chi connectivity index (χ1v) is 6.00. The highest BCUT2D eigenvalue weighted by Crippen LogP contribution is 2.10. The number of aliphatic carboxylic acids is 1. The van der Waals surface area contributed by atoms with Gasteiger partial charge in [-0.3, -0.25) is 4.79 Å². The Morgan fingerprint density at radius 3 is 2.63 bits per heavy atom. The fourth-order valence-corrected chi connectivity index (χ4v) is 1.53. The van der Waals surface area contributed by atoms with Crippen LogP contribution in [0.1, 0.15) is 33.0 Å². The van der Waals surface area contributed by atoms with Gasteiger partial charge in [-0.05, 0) is 32.9 Å². The molecule has 1 aromatic rings. The number of carboxylic acid groups (broad SMARTS) is 1. The van der Waals surface area contributed by atoms with Crippen molar-refractivity contribution in [3.05, 3.63) is 24.2 Å². The van der Waals surface area contributed by atoms with Gasteiger partial charge in [-0.2, -0.15) is 0 Å². The minimum absolute atomic E-state index is 0.195. The molecule has 0 aliphatic carbocycles. The smallest absolute Gasteiger partial charge is 0.407 e. The lowest BCUT2D eigenvalue weighted by Gasteiger charge is -2.22. The quantitative estimate of drug-likeness (QED) is 0.855. The van der Waals surface area contributed by atoms with Crippen molar-refractivity contribution in [1.29, 1.82) is 0 Å². The molecule has 106 valence electrons. The van der Waals surface area contributed by atoms with Crippen molar-refractivity contribution in [2.45, 2.75) is 45.3 Å². The molecule has 0 saturated carbocycles. The van der Waals surface area contributed by atoms with E-state index in [4.69, 9.17) is 14.3 Å². The Labute approximate surface area is 111 Å². The zero-order chi connectivity index (χ0) is 14.5. The second-order valence-electron chi connectivity index (χ2n) is 5.22. The first-order chi connectivity index (χ1) is 8.76. The summed E-state index contributed by atoms with van der Waals surface area (Å²) in [5.74, 6) is -0.380. The second kappa shape index (κ2) is 6.26. The van der Waals surface area contributed by atoms with Crippen LogP contribution in [-0.2, 0) is 16.0 Å². The van der Waals surface area contributed by atoms with Gasteiger partial charge in [0, 0.05) is 12.5 Å². The Balaban J connectivity index is 2.59. The molecule has 1 aromatic heterocycles. The number of amides is 1. The third-order valence-electron chi connectivity index (χ3n) is 2.17. The molecule has 0 bridgehead atoms. The average molecular weight is 269 g/mol. The molecule has 1 heterocycles. The zero-order valence-electron chi connectivity index (χ0n) is 11.3. The largest absolute Gasteiger partial charge is 0.481 e. The van der Waals surface area contributed by atoms with Crippen molar-refractivity contribution in [2.75, 3.05) is 0 Å². The Kier molecular flexibility index (Phi) is 4.97. The van der Waals surface area contributed by atoms with Gasteiger partial charge in [0.25, 0.3) is 0 Å². The molecule has 0 aromatic carbocycles. The molecule has 1 rings (SSSR count). The van der Waals surface area contributed by atoms with Crippen LogP contribution >= 0.6 is 0 Å². The molecule has 0 fully saturated rings. The molecule has 1 unspecified atom stereocenters. The Morgan fingerprint density at radius 2 is 2.16 bits per heavy atom. The topological polar surface area (TPSA) is 88.8 Å². The molecule has 19 heavy (non-hydrogen) atoms. The number of nitrogens with one attached hydrogen (secondary N) is 1. The van der Waals surface area contributed by atoms with E-state index in [1.165, 1.54) is 6.26 Å². The van der Waals surface area contributed by atoms with Crippen molar-refractivity contribution in [3.63, 3.8) is 0 Å². The maximum Gasteiger partial charge on any atom is 0.407 e. The van der Waals surface area contributed by atoms with E-state index in [2.05, 4.69) is 5.32 Å². The summed E-state index contributed by atoms with van der Waals surface area (Å²) in [6.45, 7) is 5.22. The summed E-state index contributed by atoms with van der Waals surface area (Å²) in [4.78, 5) is 22.4. The van der Waals surface area contributed by atoms with E-state index >= 15 is 0 Å². The number of hydrogen-bond donors (Lipinski definition) is 2. The average Bonchev–Trinajstić information content (AvgIpc) is 2.65. The summed E-state index contributed by atoms with van der Waals surface area (Å²) < 4.78 is 10.2. The number of alkyl carbamates (subject to hydrolysis) is 1. The summed E-state index contributed by atoms with van der Waals surface area (Å²) in [6.07, 6.45) is 0.976. The molecule has 0 aliphatic rings. The van der Waals surface area contributed by atoms with Crippen LogP contribution in [0.4, 0.5) is 4.79 Å². The summed E-state index contributed by atoms with van der Waals surface area (Å²) >= 11 is 0. The van der Waals surface area contributed by atoms with E-state index in [9.17, 15) is 9.59 Å². The maximum absolute atomic E-state index is 11.6. The third kappa shape index (κ3) is 6.49. The molecule has 0 saturated heterocycles. The van der Waals surface area contributed by atoms with Crippen LogP contribution in [0.3, 0.4) is 0 Å². The van der Waals surface area contributed by atoms with Crippen LogP contribution in [0.2, 0.25) is 0 Å². The molecule has 1 atom stereocenters. The highest BCUT2D eigenvalue weighted by atomic mass is 16.6. The minimum atomic E-state index is -0.993. The van der Waals surface area contributed by atoms with E-state index in [1.54, 1.807) is 32.9 Å². The Morgan fingerprint density at radius 1 is 1.47 bits per heavy atom. The van der Waals surface area contributed by atoms with Crippen LogP contribution in [-0.4, -0.2) is 28.8 Å². The molecular formula is C13H19NO5. The zero-order valence-corrected chi connectivity index (χ0v) is 11.3. The molecule has 1 amide bonds. The van der Waals surface area contributed by atoms with E-state index in [0.717, 1.165) is 0 Å². The lowest BCUT2D eigenvalue weighted by Crippen LogP contribution is -2.41. The number of hydrogen-bond acceptors (Lipinski definition) is 4. The summed E-state index contributed by atoms with van der Waals surface area (Å²) in [5.41, 5.74) is -0.622. The van der Waals surface area contributed by atoms with Crippen LogP contribution in [0.15, 0.2) is 22.8 Å². The Bertz CT molecular complexity index is 419. The standard InChI is InChI=1S/C13H19NO5/c1-13(2,3)19-12(17)14-9(8-11(15)16)7-10-5-4-6-18-10/h4-6,9H,7-8H2,1-3H3,(H,14,17)(H,15,16). The predicted octanol–water partition coefficient (Wildman–Crippen LogP) is 2.19. The van der Waals surface area contributed by atoms with Gasteiger partial charge in [-0.15, -0.1) is 0 Å². The number of carboxylic acids is 1. The van der Waals surface area contributed by atoms with E-state index < -0.39 is 23.7 Å². The summed E-state index contributed by atoms with van der Waals surface area (Å²) in [6, 6.07) is 2.87. The van der Waals surface area contributed by atoms with E-state index in [-0.39, 0.29) is 6.42 Å². The highest BCUT2D eigenvalue weighted by molar-refractivity contribution is 5.71. The second-order valence-corrected chi connectivity index (χ2v) is 5.22. The highest BCUT2D eigenvalue weighted by Gasteiger charge is 2.22. The molecule has 0 radical (unpaired) electrons. The predicted molar refractivity (Wildman–Crippen MR) is 67.8 cm³/mol. The molecule has 0 aliphatic heterocycles. The number of ether oxygens (including phenoxy) is 1. The lowest BCUT2D eigenvalue weighted by atomic mass is 10.1. The van der Waals surface area contributed by atoms with Crippen molar-refractivity contribution < 1.29 is 23.8 Å². The number of rotatable bonds is 5. The molecule has 6 heteroatoms. The van der Waals surface area contributed by atoms with Crippen LogP contribution in [0.5, 0.6) is 0 Å². The van der Waals surface area contributed by atoms with Gasteiger partial charge < -0.3 is 19.6 Å². The monoisotopic (exact) mass is 269 g/mol. The van der Waals surface area contributed by atoms with E-state index in [1.807, 2.05) is 0 Å². The molecule has 0 spiro atoms. The summed E-state index contributed by atoms with van der Waals surface area (Å²) in [7, 11) is 0. The number of carbonyl (C=O) groups is 2. The van der Waals surface area contributed by atoms with Crippen molar-refractivity contribution >= 4 is 12.1 Å². The number of carbonyl (C=O) groups excluding carboxylic acids is 1. The van der Waals surface area contributed by atoms with Gasteiger partial charge in [0.1, 0.15) is 11.4 Å². The van der Waals surface area contributed by atoms with Crippen LogP contribution in [0.25, 0.3) is 0 Å². The van der Waals surface area contributed by atoms with Crippen LogP contribution < -0.4 is 5.32 Å². The first-order valence-electron chi connectivity index (χ1n) is 6.00. The van der Waals surface area contributed by atoms with Crippen molar-refractivity contribution in [1.82, 2.24) is 5.32 Å². The van der Waals surface area contributed by atoms with Gasteiger partial charge in [0.05, 0.1) is 12.7 Å². The molecule has 6 nitrogen and oxygen atoms in total. The third-order valence-corrected chi connectivity index (χ3v) is 2.17. The van der Waals surface area contributed by atoms with Gasteiger partial charge in [-0.25, -0.2) is 4.79 Å². The maximum atomic E-state index is 11.6. The van der Waals surface area contributed by atoms with Gasteiger partial charge in [0.2, 0.25) is 0 Å². The van der Waals surface area contributed by atoms with Gasteiger partial charge in [-0.1, -0.05) is 0 Å². The lowest BCUT2D eigenvalue weighted by molar-refractivity contribution is -0.137. The number of furan rings is 1. The van der Waals surface area contributed by atoms with Gasteiger partial charge in [0.15, 0.2) is 0 Å². The Hall–Kier alpha value is -1.98. The summed E-state index contributed by atoms with van der Waals surface area (Å²) in [5, 5.41) is 11.4. The van der Waals surface area contributed by atoms with Crippen molar-refractivity contribution in [3.8, 4) is 0 Å². The fraction of sp³-hybridized carbons (Fsp3) is 0.538. The first kappa shape index (κ1) is 15.1. The fourth-order valence-electron chi connectivity index (χ4n) is 1.53. The molecular weight excluding hydrogens is 250 g/mol. The minimum Gasteiger partial charge on any atom is -0.481 e. The van der Waals surface area contributed by atoms with E-state index in [0.29, 0.717) is 12.2 Å². The van der Waals surface area contributed by atoms with Gasteiger partial charge >= 0.3 is 12.1 Å². The van der Waals surface area contributed by atoms with Crippen LogP contribution in [0, 0.1) is 0 Å². The molecule has 2 N–H and O–H groups in total. The SMILES string of the molecule is CC(C)(C)OC(=O)NC(CC(=O)O)Cc1ccco1. The normalized spacial score (nSPS) is 12.8. The van der Waals surface area contributed by atoms with Crippen molar-refractivity contribution in [2.24, 2.45) is 0 Å².